The minimum atomic E-state index is -0.981. The summed E-state index contributed by atoms with van der Waals surface area (Å²) >= 11 is 4.64. The minimum Gasteiger partial charge on any atom is -0.478 e. The van der Waals surface area contributed by atoms with Gasteiger partial charge in [-0.15, -0.1) is 24.0 Å². The topological polar surface area (TPSA) is 107 Å². The maximum Gasteiger partial charge on any atom is 0.327 e. The summed E-state index contributed by atoms with van der Waals surface area (Å²) in [6.45, 7) is 2.96. The molecule has 0 aliphatic carbocycles. The summed E-state index contributed by atoms with van der Waals surface area (Å²) in [5.41, 5.74) is 0. The summed E-state index contributed by atoms with van der Waals surface area (Å²) in [7, 11) is 0. The molecular weight excluding hydrogens is 179 g/mol. The number of carbonyl (C=O) groups is 1. The Kier molecular flexibility index (Phi) is 125. The molecule has 0 rings (SSSR count). The molecule has 0 amide bonds. The van der Waals surface area contributed by atoms with Crippen molar-refractivity contribution in [1.82, 2.24) is 12.3 Å². The highest BCUT2D eigenvalue weighted by Crippen LogP contribution is 1.54. The number of carboxylic acid groups (broad SMARTS) is 1. The van der Waals surface area contributed by atoms with Gasteiger partial charge in [-0.1, -0.05) is 6.58 Å². The molecule has 0 fully saturated rings. The zero-order valence-electron chi connectivity index (χ0n) is 5.84. The maximum atomic E-state index is 9.25. The highest BCUT2D eigenvalue weighted by atomic mass is 35.5. The van der Waals surface area contributed by atoms with Gasteiger partial charge in [-0.2, -0.15) is 0 Å². The number of hydrogen-bond acceptors (Lipinski definition) is 3. The molecule has 0 bridgehead atoms. The lowest BCUT2D eigenvalue weighted by Gasteiger charge is -1.64. The third-order valence-electron chi connectivity index (χ3n) is 0.175. The van der Waals surface area contributed by atoms with Gasteiger partial charge in [0.15, 0.2) is 0 Å². The Morgan fingerprint density at radius 3 is 1.60 bits per heavy atom. The van der Waals surface area contributed by atoms with E-state index in [1.165, 1.54) is 6.38 Å². The van der Waals surface area contributed by atoms with Crippen LogP contribution in [0.4, 0.5) is 0 Å². The third kappa shape index (κ3) is 119. The molecule has 0 atom stereocenters. The Balaban J connectivity index is -0.0000000154. The Morgan fingerprint density at radius 1 is 1.50 bits per heavy atom. The van der Waals surface area contributed by atoms with E-state index < -0.39 is 5.97 Å². The number of rotatable bonds is 1. The van der Waals surface area contributed by atoms with Crippen molar-refractivity contribution >= 4 is 30.0 Å². The number of carboxylic acids is 1. The van der Waals surface area contributed by atoms with E-state index in [1.807, 2.05) is 0 Å². The van der Waals surface area contributed by atoms with Gasteiger partial charge in [-0.3, -0.25) is 0 Å². The predicted molar refractivity (Wildman–Crippen MR) is 46.9 cm³/mol. The Labute approximate surface area is 71.8 Å². The second-order valence-electron chi connectivity index (χ2n) is 0.542. The van der Waals surface area contributed by atoms with E-state index in [0.717, 1.165) is 6.08 Å². The van der Waals surface area contributed by atoms with Crippen LogP contribution in [0.2, 0.25) is 0 Å². The number of aliphatic carboxylic acids is 1. The molecule has 0 aromatic rings. The van der Waals surface area contributed by atoms with E-state index in [0.29, 0.717) is 0 Å². The van der Waals surface area contributed by atoms with Crippen molar-refractivity contribution in [1.29, 1.82) is 0 Å². The number of halogens is 2. The molecule has 0 aromatic heterocycles. The molecule has 0 aromatic carbocycles. The first-order valence-corrected chi connectivity index (χ1v) is 2.26. The molecule has 4 nitrogen and oxygen atoms in total. The van der Waals surface area contributed by atoms with Gasteiger partial charge in [-0.25, -0.2) is 4.79 Å². The zero-order chi connectivity index (χ0) is 6.28. The standard InChI is InChI=1S/C3H4O2.CH3Cl.ClH.2H3N/c1-2-3(4)5;1-2;;;/h2H,1H2,(H,4,5);1H3;1H;2*1H3. The monoisotopic (exact) mass is 192 g/mol. The molecule has 0 saturated carbocycles. The summed E-state index contributed by atoms with van der Waals surface area (Å²) in [6, 6.07) is 0. The van der Waals surface area contributed by atoms with Crippen molar-refractivity contribution in [3.63, 3.8) is 0 Å². The molecule has 6 heteroatoms. The summed E-state index contributed by atoms with van der Waals surface area (Å²) < 4.78 is 0. The lowest BCUT2D eigenvalue weighted by atomic mass is 10.7. The molecule has 0 saturated heterocycles. The summed E-state index contributed by atoms with van der Waals surface area (Å²) in [5, 5.41) is 7.60. The SMILES string of the molecule is C=CC(=O)O.CCl.Cl.N.N. The first-order valence-electron chi connectivity index (χ1n) is 1.50. The second kappa shape index (κ2) is 37.6. The molecule has 10 heavy (non-hydrogen) atoms. The lowest BCUT2D eigenvalue weighted by molar-refractivity contribution is -0.131. The van der Waals surface area contributed by atoms with Gasteiger partial charge in [0.25, 0.3) is 0 Å². The van der Waals surface area contributed by atoms with Gasteiger partial charge < -0.3 is 17.4 Å². The van der Waals surface area contributed by atoms with Crippen molar-refractivity contribution in [3.05, 3.63) is 12.7 Å². The fraction of sp³-hybridized carbons (Fsp3) is 0.250. The van der Waals surface area contributed by atoms with Gasteiger partial charge in [0.1, 0.15) is 0 Å². The molecule has 0 spiro atoms. The van der Waals surface area contributed by atoms with Crippen LogP contribution >= 0.6 is 24.0 Å². The van der Waals surface area contributed by atoms with E-state index in [1.54, 1.807) is 0 Å². The summed E-state index contributed by atoms with van der Waals surface area (Å²) in [6.07, 6.45) is 2.31. The van der Waals surface area contributed by atoms with Gasteiger partial charge in [0, 0.05) is 12.5 Å². The normalized spacial score (nSPS) is 3.80. The molecule has 0 heterocycles. The van der Waals surface area contributed by atoms with Crippen molar-refractivity contribution in [3.8, 4) is 0 Å². The quantitative estimate of drug-likeness (QED) is 0.436. The molecule has 0 unspecified atom stereocenters. The maximum absolute atomic E-state index is 9.25. The summed E-state index contributed by atoms with van der Waals surface area (Å²) in [4.78, 5) is 9.25. The Morgan fingerprint density at radius 2 is 1.60 bits per heavy atom. The number of hydrogen-bond donors (Lipinski definition) is 3. The fourth-order valence-corrected chi connectivity index (χ4v) is 0. The van der Waals surface area contributed by atoms with Crippen LogP contribution in [-0.2, 0) is 4.79 Å². The largest absolute Gasteiger partial charge is 0.478 e. The van der Waals surface area contributed by atoms with Crippen molar-refractivity contribution < 1.29 is 9.90 Å². The van der Waals surface area contributed by atoms with Crippen LogP contribution in [0.3, 0.4) is 0 Å². The van der Waals surface area contributed by atoms with Crippen LogP contribution in [-0.4, -0.2) is 17.5 Å². The van der Waals surface area contributed by atoms with Gasteiger partial charge in [0.05, 0.1) is 0 Å². The smallest absolute Gasteiger partial charge is 0.327 e. The van der Waals surface area contributed by atoms with Crippen molar-refractivity contribution in [2.75, 3.05) is 6.38 Å². The van der Waals surface area contributed by atoms with Crippen molar-refractivity contribution in [2.45, 2.75) is 0 Å². The predicted octanol–water partition coefficient (Wildman–Crippen LogP) is 1.86. The second-order valence-corrected chi connectivity index (χ2v) is 0.542. The van der Waals surface area contributed by atoms with Crippen LogP contribution in [0.1, 0.15) is 0 Å². The molecule has 0 aliphatic heterocycles. The van der Waals surface area contributed by atoms with E-state index in [4.69, 9.17) is 5.11 Å². The van der Waals surface area contributed by atoms with E-state index in [2.05, 4.69) is 18.2 Å². The molecule has 0 radical (unpaired) electrons. The minimum absolute atomic E-state index is 0. The Bertz CT molecular complexity index is 70.3. The first-order chi connectivity index (χ1) is 3.27. The van der Waals surface area contributed by atoms with Crippen LogP contribution < -0.4 is 12.3 Å². The zero-order valence-corrected chi connectivity index (χ0v) is 7.41. The van der Waals surface area contributed by atoms with Gasteiger partial charge >= 0.3 is 5.97 Å². The molecule has 0 aliphatic rings. The third-order valence-corrected chi connectivity index (χ3v) is 0.175. The van der Waals surface area contributed by atoms with Gasteiger partial charge in [0.2, 0.25) is 0 Å². The lowest BCUT2D eigenvalue weighted by Crippen LogP contribution is -1.82. The average molecular weight is 193 g/mol. The van der Waals surface area contributed by atoms with Crippen LogP contribution in [0.15, 0.2) is 12.7 Å². The first kappa shape index (κ1) is 33.2. The van der Waals surface area contributed by atoms with E-state index in [-0.39, 0.29) is 24.7 Å². The Hall–Kier alpha value is -0.290. The van der Waals surface area contributed by atoms with Crippen LogP contribution in [0.5, 0.6) is 0 Å². The molecule has 7 N–H and O–H groups in total. The number of alkyl halides is 1. The molecular formula is C4H14Cl2N2O2. The van der Waals surface area contributed by atoms with Gasteiger partial charge in [-0.05, 0) is 0 Å². The highest BCUT2D eigenvalue weighted by molar-refractivity contribution is 6.15. The molecule has 66 valence electrons. The van der Waals surface area contributed by atoms with Crippen LogP contribution in [0.25, 0.3) is 0 Å². The summed E-state index contributed by atoms with van der Waals surface area (Å²) in [5.74, 6) is -0.981. The fourth-order valence-electron chi connectivity index (χ4n) is 0. The van der Waals surface area contributed by atoms with E-state index >= 15 is 0 Å². The van der Waals surface area contributed by atoms with E-state index in [9.17, 15) is 4.79 Å². The van der Waals surface area contributed by atoms with Crippen LogP contribution in [0, 0.1) is 0 Å². The highest BCUT2D eigenvalue weighted by Gasteiger charge is 1.73. The average Bonchev–Trinajstić information content (AvgIpc) is 1.73. The van der Waals surface area contributed by atoms with Crippen molar-refractivity contribution in [2.24, 2.45) is 0 Å².